The maximum Gasteiger partial charge on any atom is 0.185 e. The van der Waals surface area contributed by atoms with Crippen molar-refractivity contribution in [2.24, 2.45) is 5.92 Å². The fraction of sp³-hybridized carbons (Fsp3) is 0.476. The van der Waals surface area contributed by atoms with Crippen molar-refractivity contribution in [1.29, 1.82) is 0 Å². The summed E-state index contributed by atoms with van der Waals surface area (Å²) < 4.78 is 6.97. The maximum absolute atomic E-state index is 10.1. The summed E-state index contributed by atoms with van der Waals surface area (Å²) in [7, 11) is 0. The molecule has 28 heavy (non-hydrogen) atoms. The second-order valence-electron chi connectivity index (χ2n) is 7.73. The molecule has 6 nitrogen and oxygen atoms in total. The molecule has 1 unspecified atom stereocenters. The van der Waals surface area contributed by atoms with E-state index in [0.29, 0.717) is 18.6 Å². The molecule has 0 aliphatic heterocycles. The summed E-state index contributed by atoms with van der Waals surface area (Å²) in [6, 6.07) is 6.15. The third kappa shape index (κ3) is 4.01. The van der Waals surface area contributed by atoms with E-state index in [-0.39, 0.29) is 0 Å². The summed E-state index contributed by atoms with van der Waals surface area (Å²) in [5, 5.41) is 14.0. The van der Waals surface area contributed by atoms with Crippen molar-refractivity contribution < 1.29 is 9.84 Å². The second-order valence-corrected chi connectivity index (χ2v) is 8.76. The van der Waals surface area contributed by atoms with Crippen LogP contribution in [0.1, 0.15) is 44.3 Å². The van der Waals surface area contributed by atoms with Crippen LogP contribution in [-0.4, -0.2) is 32.4 Å². The Morgan fingerprint density at radius 2 is 1.89 bits per heavy atom. The lowest BCUT2D eigenvalue weighted by molar-refractivity contribution is 0.0417. The number of nitrogens with zero attached hydrogens (tertiary/aromatic N) is 3. The average Bonchev–Trinajstić information content (AvgIpc) is 3.29. The number of anilines is 1. The van der Waals surface area contributed by atoms with Gasteiger partial charge in [-0.2, -0.15) is 0 Å². The smallest absolute Gasteiger partial charge is 0.185 e. The summed E-state index contributed by atoms with van der Waals surface area (Å²) in [6.07, 6.45) is 10.6. The van der Waals surface area contributed by atoms with Crippen molar-refractivity contribution in [1.82, 2.24) is 15.0 Å². The minimum Gasteiger partial charge on any atom is -0.373 e. The van der Waals surface area contributed by atoms with E-state index in [2.05, 4.69) is 26.3 Å². The zero-order chi connectivity index (χ0) is 18.9. The fourth-order valence-electron chi connectivity index (χ4n) is 3.65. The molecule has 0 bridgehead atoms. The third-order valence-electron chi connectivity index (χ3n) is 5.52. The molecule has 7 heteroatoms. The highest BCUT2D eigenvalue weighted by Gasteiger charge is 2.30. The number of aliphatic hydroxyl groups is 1. The lowest BCUT2D eigenvalue weighted by Gasteiger charge is -2.10. The lowest BCUT2D eigenvalue weighted by Crippen LogP contribution is -2.20. The molecule has 2 aliphatic carbocycles. The first-order chi connectivity index (χ1) is 13.7. The van der Waals surface area contributed by atoms with Crippen LogP contribution in [0.2, 0.25) is 0 Å². The van der Waals surface area contributed by atoms with E-state index >= 15 is 0 Å². The molecule has 2 fully saturated rings. The number of rotatable bonds is 7. The Bertz CT molecular complexity index is 949. The van der Waals surface area contributed by atoms with Gasteiger partial charge in [-0.15, -0.1) is 0 Å². The summed E-state index contributed by atoms with van der Waals surface area (Å²) in [4.78, 5) is 13.5. The Balaban J connectivity index is 1.28. The molecule has 0 amide bonds. The number of nitrogens with one attached hydrogen (secondary N) is 1. The van der Waals surface area contributed by atoms with Gasteiger partial charge in [-0.3, -0.25) is 0 Å². The number of hydrogen-bond donors (Lipinski definition) is 2. The van der Waals surface area contributed by atoms with Crippen LogP contribution >= 0.6 is 11.3 Å². The molecular formula is C21H24N4O2S. The Morgan fingerprint density at radius 3 is 2.64 bits per heavy atom. The zero-order valence-corrected chi connectivity index (χ0v) is 16.5. The van der Waals surface area contributed by atoms with Gasteiger partial charge in [-0.1, -0.05) is 30.2 Å². The minimum atomic E-state index is -0.493. The van der Waals surface area contributed by atoms with E-state index in [1.165, 1.54) is 12.8 Å². The van der Waals surface area contributed by atoms with Gasteiger partial charge in [0.15, 0.2) is 11.0 Å². The summed E-state index contributed by atoms with van der Waals surface area (Å²) in [5.41, 5.74) is 2.97. The summed E-state index contributed by atoms with van der Waals surface area (Å²) >= 11 is 1.56. The largest absolute Gasteiger partial charge is 0.373 e. The molecule has 1 aromatic carbocycles. The maximum atomic E-state index is 10.1. The predicted molar refractivity (Wildman–Crippen MR) is 110 cm³/mol. The van der Waals surface area contributed by atoms with Gasteiger partial charge in [-0.25, -0.2) is 15.0 Å². The van der Waals surface area contributed by atoms with E-state index in [1.54, 1.807) is 11.3 Å². The molecule has 2 heterocycles. The van der Waals surface area contributed by atoms with Crippen molar-refractivity contribution >= 4 is 26.7 Å². The number of aromatic nitrogens is 3. The summed E-state index contributed by atoms with van der Waals surface area (Å²) in [6.45, 7) is 0.483. The Kier molecular flexibility index (Phi) is 4.96. The van der Waals surface area contributed by atoms with Crippen molar-refractivity contribution in [3.05, 3.63) is 36.4 Å². The highest BCUT2D eigenvalue weighted by Crippen LogP contribution is 2.35. The monoisotopic (exact) mass is 396 g/mol. The van der Waals surface area contributed by atoms with Crippen LogP contribution in [0.25, 0.3) is 21.3 Å². The van der Waals surface area contributed by atoms with Gasteiger partial charge in [0.2, 0.25) is 0 Å². The fourth-order valence-corrected chi connectivity index (χ4v) is 4.58. The van der Waals surface area contributed by atoms with Crippen LogP contribution in [0.4, 0.5) is 5.13 Å². The molecule has 146 valence electrons. The van der Waals surface area contributed by atoms with Crippen LogP contribution in [0.15, 0.2) is 30.6 Å². The lowest BCUT2D eigenvalue weighted by atomic mass is 10.1. The second kappa shape index (κ2) is 7.73. The minimum absolute atomic E-state index is 0.371. The zero-order valence-electron chi connectivity index (χ0n) is 15.7. The van der Waals surface area contributed by atoms with Gasteiger partial charge in [0.05, 0.1) is 16.3 Å². The molecule has 0 radical (unpaired) electrons. The van der Waals surface area contributed by atoms with E-state index in [4.69, 9.17) is 4.74 Å². The van der Waals surface area contributed by atoms with E-state index in [9.17, 15) is 5.11 Å². The van der Waals surface area contributed by atoms with E-state index in [1.807, 2.05) is 24.5 Å². The standard InChI is InChI=1S/C21H24N4O2S/c26-20(13-5-6-13)25-21-24-17-8-7-14(9-18(17)28-21)15-10-22-19(23-11-15)12-27-16-3-1-2-4-16/h7-11,13,16,20,26H,1-6,12H2,(H,24,25). The van der Waals surface area contributed by atoms with Crippen LogP contribution < -0.4 is 5.32 Å². The first kappa shape index (κ1) is 18.0. The Hall–Kier alpha value is -2.09. The van der Waals surface area contributed by atoms with Crippen molar-refractivity contribution in [2.75, 3.05) is 5.32 Å². The van der Waals surface area contributed by atoms with Gasteiger partial charge in [0.1, 0.15) is 12.8 Å². The quantitative estimate of drug-likeness (QED) is 0.578. The molecule has 2 aliphatic rings. The molecule has 2 aromatic heterocycles. The van der Waals surface area contributed by atoms with Crippen LogP contribution in [0.3, 0.4) is 0 Å². The molecule has 0 spiro atoms. The van der Waals surface area contributed by atoms with Gasteiger partial charge in [-0.05, 0) is 43.4 Å². The molecule has 5 rings (SSSR count). The molecule has 0 saturated heterocycles. The average molecular weight is 397 g/mol. The molecule has 1 atom stereocenters. The van der Waals surface area contributed by atoms with Crippen molar-refractivity contribution in [2.45, 2.75) is 57.5 Å². The van der Waals surface area contributed by atoms with E-state index in [0.717, 1.165) is 58.0 Å². The number of hydrogen-bond acceptors (Lipinski definition) is 7. The van der Waals surface area contributed by atoms with Gasteiger partial charge < -0.3 is 15.2 Å². The Labute approximate surface area is 168 Å². The molecule has 2 saturated carbocycles. The van der Waals surface area contributed by atoms with Crippen LogP contribution in [-0.2, 0) is 11.3 Å². The van der Waals surface area contributed by atoms with Crippen molar-refractivity contribution in [3.8, 4) is 11.1 Å². The van der Waals surface area contributed by atoms with Gasteiger partial charge >= 0.3 is 0 Å². The third-order valence-corrected chi connectivity index (χ3v) is 6.47. The SMILES string of the molecule is OC(Nc1nc2ccc(-c3cnc(COC4CCCC4)nc3)cc2s1)C1CC1. The highest BCUT2D eigenvalue weighted by molar-refractivity contribution is 7.22. The highest BCUT2D eigenvalue weighted by atomic mass is 32.1. The van der Waals surface area contributed by atoms with E-state index < -0.39 is 6.23 Å². The number of thiazole rings is 1. The van der Waals surface area contributed by atoms with Gasteiger partial charge in [0.25, 0.3) is 0 Å². The Morgan fingerprint density at radius 1 is 1.11 bits per heavy atom. The van der Waals surface area contributed by atoms with Crippen LogP contribution in [0.5, 0.6) is 0 Å². The molecule has 2 N–H and O–H groups in total. The molecular weight excluding hydrogens is 372 g/mol. The number of aliphatic hydroxyl groups excluding tert-OH is 1. The topological polar surface area (TPSA) is 80.2 Å². The first-order valence-electron chi connectivity index (χ1n) is 10.0. The normalized spacial score (nSPS) is 18.6. The predicted octanol–water partition coefficient (Wildman–Crippen LogP) is 4.35. The summed E-state index contributed by atoms with van der Waals surface area (Å²) in [5.74, 6) is 1.10. The number of benzene rings is 1. The van der Waals surface area contributed by atoms with Crippen molar-refractivity contribution in [3.63, 3.8) is 0 Å². The van der Waals surface area contributed by atoms with Gasteiger partial charge in [0, 0.05) is 23.9 Å². The first-order valence-corrected chi connectivity index (χ1v) is 10.8. The van der Waals surface area contributed by atoms with Crippen LogP contribution in [0, 0.1) is 5.92 Å². The molecule has 3 aromatic rings. The number of ether oxygens (including phenoxy) is 1. The number of fused-ring (bicyclic) bond motifs is 1.